The molecule has 29 heavy (non-hydrogen) atoms. The Kier molecular flexibility index (Phi) is 6.07. The van der Waals surface area contributed by atoms with Gasteiger partial charge in [0, 0.05) is 5.69 Å². The summed E-state index contributed by atoms with van der Waals surface area (Å²) in [6.45, 7) is 6.97. The fourth-order valence-electron chi connectivity index (χ4n) is 2.11. The highest BCUT2D eigenvalue weighted by Crippen LogP contribution is 2.38. The van der Waals surface area contributed by atoms with Crippen molar-refractivity contribution in [3.63, 3.8) is 0 Å². The van der Waals surface area contributed by atoms with Gasteiger partial charge in [0.2, 0.25) is 4.93 Å². The zero-order valence-corrected chi connectivity index (χ0v) is 15.7. The van der Waals surface area contributed by atoms with Crippen LogP contribution in [0.4, 0.5) is 24.5 Å². The number of hydrogen-bond donors (Lipinski definition) is 2. The molecule has 2 N–H and O–H groups in total. The molecule has 0 bridgehead atoms. The first-order valence-corrected chi connectivity index (χ1v) is 9.34. The van der Waals surface area contributed by atoms with Crippen molar-refractivity contribution in [3.05, 3.63) is 65.0 Å². The molecule has 0 saturated heterocycles. The molecule has 11 heteroatoms. The van der Waals surface area contributed by atoms with E-state index >= 15 is 0 Å². The molecule has 1 atom stereocenters. The third-order valence-corrected chi connectivity index (χ3v) is 5.52. The van der Waals surface area contributed by atoms with Gasteiger partial charge in [0.25, 0.3) is 10.0 Å². The summed E-state index contributed by atoms with van der Waals surface area (Å²) in [5, 5.41) is 19.0. The second kappa shape index (κ2) is 7.99. The van der Waals surface area contributed by atoms with E-state index in [1.807, 2.05) is 10.8 Å². The number of halogens is 3. The molecule has 2 aromatic rings. The van der Waals surface area contributed by atoms with Gasteiger partial charge in [0.1, 0.15) is 12.4 Å². The Morgan fingerprint density at radius 3 is 2.38 bits per heavy atom. The van der Waals surface area contributed by atoms with E-state index in [1.165, 1.54) is 24.3 Å². The van der Waals surface area contributed by atoms with E-state index in [0.717, 1.165) is 19.1 Å². The number of sulfonamides is 1. The fourth-order valence-corrected chi connectivity index (χ4v) is 2.98. The SMILES string of the molecule is [C-]#[N+]c1ccc(NS(=O)(=O)[C@@](C)(O)COc2ccc(C#N)cc2)cc1C(F)(F)F. The van der Waals surface area contributed by atoms with E-state index in [0.29, 0.717) is 11.6 Å². The van der Waals surface area contributed by atoms with Crippen LogP contribution in [0.3, 0.4) is 0 Å². The normalized spacial score (nSPS) is 13.6. The first-order valence-electron chi connectivity index (χ1n) is 7.86. The molecule has 0 heterocycles. The molecule has 7 nitrogen and oxygen atoms in total. The summed E-state index contributed by atoms with van der Waals surface area (Å²) in [5.74, 6) is 0.181. The van der Waals surface area contributed by atoms with Gasteiger partial charge >= 0.3 is 6.18 Å². The van der Waals surface area contributed by atoms with E-state index < -0.39 is 44.7 Å². The molecule has 0 fully saturated rings. The van der Waals surface area contributed by atoms with Crippen molar-refractivity contribution < 1.29 is 31.4 Å². The average Bonchev–Trinajstić information content (AvgIpc) is 2.65. The molecule has 0 aliphatic heterocycles. The summed E-state index contributed by atoms with van der Waals surface area (Å²) in [4.78, 5) is 0.260. The van der Waals surface area contributed by atoms with Crippen molar-refractivity contribution in [2.24, 2.45) is 0 Å². The lowest BCUT2D eigenvalue weighted by atomic mass is 10.1. The van der Waals surface area contributed by atoms with Crippen molar-refractivity contribution in [1.82, 2.24) is 0 Å². The number of ether oxygens (including phenoxy) is 1. The molecular weight excluding hydrogens is 411 g/mol. The van der Waals surface area contributed by atoms with Gasteiger partial charge in [-0.25, -0.2) is 13.3 Å². The number of nitrogens with zero attached hydrogens (tertiary/aromatic N) is 2. The second-order valence-electron chi connectivity index (χ2n) is 6.05. The monoisotopic (exact) mass is 425 g/mol. The molecule has 152 valence electrons. The molecular formula is C18H14F3N3O4S. The van der Waals surface area contributed by atoms with Gasteiger partial charge in [0.05, 0.1) is 23.8 Å². The first-order chi connectivity index (χ1) is 13.4. The van der Waals surface area contributed by atoms with E-state index in [1.54, 1.807) is 0 Å². The molecule has 0 aliphatic rings. The van der Waals surface area contributed by atoms with E-state index in [2.05, 4.69) is 4.85 Å². The molecule has 0 radical (unpaired) electrons. The topological polar surface area (TPSA) is 104 Å². The van der Waals surface area contributed by atoms with Crippen LogP contribution in [0.25, 0.3) is 4.85 Å². The Morgan fingerprint density at radius 1 is 1.24 bits per heavy atom. The molecule has 0 amide bonds. The minimum Gasteiger partial charge on any atom is -0.489 e. The highest BCUT2D eigenvalue weighted by molar-refractivity contribution is 7.93. The van der Waals surface area contributed by atoms with Gasteiger partial charge in [-0.2, -0.15) is 18.4 Å². The van der Waals surface area contributed by atoms with E-state index in [4.69, 9.17) is 16.6 Å². The minimum absolute atomic E-state index is 0.181. The predicted octanol–water partition coefficient (Wildman–Crippen LogP) is 3.66. The number of aliphatic hydroxyl groups is 1. The maximum Gasteiger partial charge on any atom is 0.407 e. The van der Waals surface area contributed by atoms with Crippen LogP contribution < -0.4 is 9.46 Å². The van der Waals surface area contributed by atoms with Crippen LogP contribution in [0, 0.1) is 17.9 Å². The largest absolute Gasteiger partial charge is 0.489 e. The van der Waals surface area contributed by atoms with Crippen LogP contribution in [-0.2, 0) is 16.2 Å². The van der Waals surface area contributed by atoms with Gasteiger partial charge in [0.15, 0.2) is 5.69 Å². The first kappa shape index (κ1) is 22.0. The highest BCUT2D eigenvalue weighted by atomic mass is 32.2. The fraction of sp³-hybridized carbons (Fsp3) is 0.222. The van der Waals surface area contributed by atoms with E-state index in [9.17, 15) is 26.7 Å². The number of benzene rings is 2. The van der Waals surface area contributed by atoms with Crippen molar-refractivity contribution in [2.75, 3.05) is 11.3 Å². The molecule has 0 saturated carbocycles. The van der Waals surface area contributed by atoms with Crippen molar-refractivity contribution in [2.45, 2.75) is 18.0 Å². The number of rotatable bonds is 6. The zero-order chi connectivity index (χ0) is 21.9. The standard InChI is InChI=1S/C18H14F3N3O4S/c1-17(25,11-28-14-6-3-12(10-22)4-7-14)29(26,27)24-13-5-8-16(23-2)15(9-13)18(19,20)21/h3-9,24-25H,11H2,1H3/t17-/m1/s1. The summed E-state index contributed by atoms with van der Waals surface area (Å²) in [6, 6.07) is 9.82. The van der Waals surface area contributed by atoms with Crippen molar-refractivity contribution in [1.29, 1.82) is 5.26 Å². The minimum atomic E-state index is -4.86. The lowest BCUT2D eigenvalue weighted by Crippen LogP contribution is -2.44. The molecule has 0 aromatic heterocycles. The lowest BCUT2D eigenvalue weighted by Gasteiger charge is -2.24. The summed E-state index contributed by atoms with van der Waals surface area (Å²) < 4.78 is 71.1. The summed E-state index contributed by atoms with van der Waals surface area (Å²) in [7, 11) is -4.59. The van der Waals surface area contributed by atoms with Crippen LogP contribution in [0.2, 0.25) is 0 Å². The predicted molar refractivity (Wildman–Crippen MR) is 97.5 cm³/mol. The Bertz CT molecular complexity index is 1080. The van der Waals surface area contributed by atoms with Crippen LogP contribution in [0.5, 0.6) is 5.75 Å². The number of hydrogen-bond acceptors (Lipinski definition) is 5. The molecule has 0 unspecified atom stereocenters. The van der Waals surface area contributed by atoms with Crippen LogP contribution in [0.15, 0.2) is 42.5 Å². The quantitative estimate of drug-likeness (QED) is 0.688. The van der Waals surface area contributed by atoms with E-state index in [-0.39, 0.29) is 5.75 Å². The highest BCUT2D eigenvalue weighted by Gasteiger charge is 2.39. The number of nitrogens with one attached hydrogen (secondary N) is 1. The van der Waals surface area contributed by atoms with Gasteiger partial charge in [-0.3, -0.25) is 4.72 Å². The third kappa shape index (κ3) is 5.16. The summed E-state index contributed by atoms with van der Waals surface area (Å²) in [6.07, 6.45) is -4.86. The lowest BCUT2D eigenvalue weighted by molar-refractivity contribution is -0.136. The Hall–Kier alpha value is -3.28. The summed E-state index contributed by atoms with van der Waals surface area (Å²) in [5.41, 5.74) is -2.11. The molecule has 0 spiro atoms. The van der Waals surface area contributed by atoms with Crippen molar-refractivity contribution >= 4 is 21.4 Å². The average molecular weight is 425 g/mol. The maximum atomic E-state index is 13.0. The van der Waals surface area contributed by atoms with Gasteiger partial charge in [-0.15, -0.1) is 0 Å². The van der Waals surface area contributed by atoms with Gasteiger partial charge in [-0.05, 0) is 43.3 Å². The summed E-state index contributed by atoms with van der Waals surface area (Å²) >= 11 is 0. The zero-order valence-electron chi connectivity index (χ0n) is 14.9. The Labute approximate surface area is 164 Å². The number of alkyl halides is 3. The Morgan fingerprint density at radius 2 is 1.86 bits per heavy atom. The smallest absolute Gasteiger partial charge is 0.407 e. The number of anilines is 1. The maximum absolute atomic E-state index is 13.0. The van der Waals surface area contributed by atoms with Gasteiger partial charge < -0.3 is 9.84 Å². The Balaban J connectivity index is 2.20. The van der Waals surface area contributed by atoms with Crippen LogP contribution in [-0.4, -0.2) is 25.1 Å². The van der Waals surface area contributed by atoms with Gasteiger partial charge in [-0.1, -0.05) is 6.07 Å². The molecule has 0 aliphatic carbocycles. The second-order valence-corrected chi connectivity index (χ2v) is 8.14. The molecule has 2 rings (SSSR count). The third-order valence-electron chi connectivity index (χ3n) is 3.74. The number of nitriles is 1. The van der Waals surface area contributed by atoms with Crippen molar-refractivity contribution in [3.8, 4) is 11.8 Å². The molecule has 2 aromatic carbocycles. The van der Waals surface area contributed by atoms with Crippen LogP contribution >= 0.6 is 0 Å². The van der Waals surface area contributed by atoms with Crippen LogP contribution in [0.1, 0.15) is 18.1 Å².